The lowest BCUT2D eigenvalue weighted by molar-refractivity contribution is -0.111. The average Bonchev–Trinajstić information content (AvgIpc) is 2.17. The molecule has 80 valence electrons. The maximum absolute atomic E-state index is 11.0. The molecule has 1 atom stereocenters. The van der Waals surface area contributed by atoms with Crippen LogP contribution in [-0.4, -0.2) is 14.7 Å². The van der Waals surface area contributed by atoms with Crippen molar-refractivity contribution in [1.82, 2.24) is 0 Å². The summed E-state index contributed by atoms with van der Waals surface area (Å²) in [4.78, 5) is 11.1. The van der Waals surface area contributed by atoms with Crippen molar-refractivity contribution in [3.05, 3.63) is 36.9 Å². The van der Waals surface area contributed by atoms with Crippen LogP contribution in [0.1, 0.15) is 0 Å². The zero-order valence-corrected chi connectivity index (χ0v) is 9.31. The molecule has 1 aromatic carbocycles. The summed E-state index contributed by atoms with van der Waals surface area (Å²) in [7, 11) is -3.35. The van der Waals surface area contributed by atoms with Crippen molar-refractivity contribution in [3.63, 3.8) is 0 Å². The van der Waals surface area contributed by atoms with Crippen molar-refractivity contribution in [2.24, 2.45) is 0 Å². The molecule has 0 aromatic heterocycles. The van der Waals surface area contributed by atoms with E-state index in [0.29, 0.717) is 5.69 Å². The Bertz CT molecular complexity index is 477. The first-order valence-corrected chi connectivity index (χ1v) is 6.38. The van der Waals surface area contributed by atoms with E-state index in [1.807, 2.05) is 0 Å². The molecule has 4 nitrogen and oxygen atoms in total. The number of hydrogen-bond acceptors (Lipinski definition) is 3. The third kappa shape index (κ3) is 3.43. The molecule has 0 aliphatic carbocycles. The van der Waals surface area contributed by atoms with E-state index < -0.39 is 8.77 Å². The highest BCUT2D eigenvalue weighted by atomic mass is 32.8. The minimum atomic E-state index is -3.35. The Morgan fingerprint density at radius 1 is 1.47 bits per heavy atom. The minimum Gasteiger partial charge on any atom is -0.323 e. The van der Waals surface area contributed by atoms with E-state index in [1.54, 1.807) is 0 Å². The van der Waals surface area contributed by atoms with Crippen LogP contribution in [0.25, 0.3) is 0 Å². The summed E-state index contributed by atoms with van der Waals surface area (Å²) in [5.41, 5.74) is 0.516. The highest BCUT2D eigenvalue weighted by Gasteiger charge is 2.04. The first-order valence-electron chi connectivity index (χ1n) is 3.94. The smallest absolute Gasteiger partial charge is 0.247 e. The van der Waals surface area contributed by atoms with Gasteiger partial charge < -0.3 is 9.87 Å². The quantitative estimate of drug-likeness (QED) is 0.787. The van der Waals surface area contributed by atoms with Crippen LogP contribution in [0.5, 0.6) is 0 Å². The number of hydrogen-bond donors (Lipinski definition) is 2. The number of carbonyl (C=O) groups is 1. The molecule has 1 unspecified atom stereocenters. The molecule has 0 saturated carbocycles. The van der Waals surface area contributed by atoms with Gasteiger partial charge in [-0.2, -0.15) is 0 Å². The van der Waals surface area contributed by atoms with Gasteiger partial charge in [0, 0.05) is 16.9 Å². The number of amides is 1. The Labute approximate surface area is 92.5 Å². The van der Waals surface area contributed by atoms with E-state index in [-0.39, 0.29) is 10.8 Å². The van der Waals surface area contributed by atoms with Crippen molar-refractivity contribution >= 4 is 31.6 Å². The van der Waals surface area contributed by atoms with Gasteiger partial charge in [-0.05, 0) is 30.3 Å². The maximum atomic E-state index is 11.0. The Morgan fingerprint density at radius 2 is 2.00 bits per heavy atom. The van der Waals surface area contributed by atoms with Crippen LogP contribution >= 0.6 is 0 Å². The molecule has 0 radical (unpaired) electrons. The van der Waals surface area contributed by atoms with Crippen LogP contribution in [0, 0.1) is 0 Å². The summed E-state index contributed by atoms with van der Waals surface area (Å²) in [6.45, 7) is 3.30. The van der Waals surface area contributed by atoms with Crippen LogP contribution in [-0.2, 0) is 24.8 Å². The van der Waals surface area contributed by atoms with Crippen molar-refractivity contribution in [3.8, 4) is 0 Å². The van der Waals surface area contributed by atoms with Gasteiger partial charge in [0.25, 0.3) is 0 Å². The number of anilines is 1. The zero-order chi connectivity index (χ0) is 11.5. The van der Waals surface area contributed by atoms with Crippen LogP contribution in [0.15, 0.2) is 41.8 Å². The molecule has 0 fully saturated rings. The molecular weight excluding hydrogens is 234 g/mol. The summed E-state index contributed by atoms with van der Waals surface area (Å²) >= 11 is 4.39. The second-order valence-corrected chi connectivity index (χ2v) is 5.47. The number of nitrogens with one attached hydrogen (secondary N) is 1. The molecule has 0 bridgehead atoms. The van der Waals surface area contributed by atoms with Gasteiger partial charge in [0.1, 0.15) is 0 Å². The SMILES string of the molecule is C=CC(=O)Nc1ccc(S(=O)(O)=S)cc1. The van der Waals surface area contributed by atoms with Crippen LogP contribution < -0.4 is 5.32 Å². The number of rotatable bonds is 3. The first-order chi connectivity index (χ1) is 6.93. The molecule has 1 amide bonds. The minimum absolute atomic E-state index is 0.147. The van der Waals surface area contributed by atoms with Crippen molar-refractivity contribution in [1.29, 1.82) is 0 Å². The monoisotopic (exact) mass is 243 g/mol. The van der Waals surface area contributed by atoms with Crippen LogP contribution in [0.2, 0.25) is 0 Å². The normalized spacial score (nSPS) is 13.9. The van der Waals surface area contributed by atoms with Gasteiger partial charge in [-0.15, -0.1) is 0 Å². The van der Waals surface area contributed by atoms with Crippen molar-refractivity contribution < 1.29 is 13.6 Å². The molecule has 0 spiro atoms. The second kappa shape index (κ2) is 4.52. The Balaban J connectivity index is 2.91. The molecule has 1 aromatic rings. The molecule has 0 saturated heterocycles. The molecule has 0 aliphatic rings. The zero-order valence-electron chi connectivity index (χ0n) is 7.67. The third-order valence-electron chi connectivity index (χ3n) is 1.61. The van der Waals surface area contributed by atoms with E-state index in [2.05, 4.69) is 23.1 Å². The van der Waals surface area contributed by atoms with E-state index in [0.717, 1.165) is 6.08 Å². The summed E-state index contributed by atoms with van der Waals surface area (Å²) < 4.78 is 20.1. The largest absolute Gasteiger partial charge is 0.323 e. The number of carbonyl (C=O) groups excluding carboxylic acids is 1. The van der Waals surface area contributed by atoms with Gasteiger partial charge in [-0.3, -0.25) is 4.79 Å². The summed E-state index contributed by atoms with van der Waals surface area (Å²) in [5, 5.41) is 2.50. The van der Waals surface area contributed by atoms with E-state index in [1.165, 1.54) is 24.3 Å². The fourth-order valence-corrected chi connectivity index (χ4v) is 1.72. The Kier molecular flexibility index (Phi) is 3.57. The molecule has 15 heavy (non-hydrogen) atoms. The Morgan fingerprint density at radius 3 is 2.40 bits per heavy atom. The molecular formula is C9H9NO3S2. The highest BCUT2D eigenvalue weighted by molar-refractivity contribution is 8.29. The lowest BCUT2D eigenvalue weighted by Crippen LogP contribution is -2.07. The van der Waals surface area contributed by atoms with E-state index in [9.17, 15) is 9.00 Å². The van der Waals surface area contributed by atoms with Gasteiger partial charge in [0.2, 0.25) is 5.91 Å². The molecule has 2 N–H and O–H groups in total. The van der Waals surface area contributed by atoms with E-state index >= 15 is 0 Å². The van der Waals surface area contributed by atoms with Gasteiger partial charge >= 0.3 is 0 Å². The van der Waals surface area contributed by atoms with Gasteiger partial charge in [-0.1, -0.05) is 6.58 Å². The lowest BCUT2D eigenvalue weighted by Gasteiger charge is -2.03. The fraction of sp³-hybridized carbons (Fsp3) is 0. The standard InChI is InChI=1S/C9H9NO3S2/c1-2-9(11)10-7-3-5-8(6-4-7)15(12,13)14/h2-6H,1H2,(H,10,11)(H,12,13,14). The molecule has 0 aliphatic heterocycles. The average molecular weight is 243 g/mol. The molecule has 6 heteroatoms. The van der Waals surface area contributed by atoms with Gasteiger partial charge in [0.05, 0.1) is 4.90 Å². The maximum Gasteiger partial charge on any atom is 0.247 e. The molecule has 1 rings (SSSR count). The van der Waals surface area contributed by atoms with Crippen molar-refractivity contribution in [2.75, 3.05) is 5.32 Å². The van der Waals surface area contributed by atoms with Crippen LogP contribution in [0.4, 0.5) is 5.69 Å². The second-order valence-electron chi connectivity index (χ2n) is 2.69. The summed E-state index contributed by atoms with van der Waals surface area (Å²) in [6.07, 6.45) is 1.14. The predicted molar refractivity (Wildman–Crippen MR) is 61.7 cm³/mol. The van der Waals surface area contributed by atoms with Crippen LogP contribution in [0.3, 0.4) is 0 Å². The summed E-state index contributed by atoms with van der Waals surface area (Å²) in [6, 6.07) is 5.79. The fourth-order valence-electron chi connectivity index (χ4n) is 0.904. The summed E-state index contributed by atoms with van der Waals surface area (Å²) in [5.74, 6) is -0.342. The highest BCUT2D eigenvalue weighted by Crippen LogP contribution is 2.13. The van der Waals surface area contributed by atoms with E-state index in [4.69, 9.17) is 4.55 Å². The third-order valence-corrected chi connectivity index (χ3v) is 3.05. The first kappa shape index (κ1) is 11.8. The van der Waals surface area contributed by atoms with Gasteiger partial charge in [0.15, 0.2) is 8.77 Å². The predicted octanol–water partition coefficient (Wildman–Crippen LogP) is 1.39. The van der Waals surface area contributed by atoms with Crippen molar-refractivity contribution in [2.45, 2.75) is 4.90 Å². The number of benzene rings is 1. The Hall–Kier alpha value is -1.24. The topological polar surface area (TPSA) is 66.4 Å². The van der Waals surface area contributed by atoms with Gasteiger partial charge in [-0.25, -0.2) is 4.21 Å². The molecule has 0 heterocycles. The lowest BCUT2D eigenvalue weighted by atomic mass is 10.3.